The summed E-state index contributed by atoms with van der Waals surface area (Å²) in [5, 5.41) is 38.3. The van der Waals surface area contributed by atoms with E-state index in [1.54, 1.807) is 0 Å². The summed E-state index contributed by atoms with van der Waals surface area (Å²) in [6.45, 7) is 8.21. The minimum Gasteiger partial charge on any atom is -0.481 e. The molecule has 0 aromatic rings. The summed E-state index contributed by atoms with van der Waals surface area (Å²) >= 11 is 0. The molecule has 0 rings (SSSR count). The fourth-order valence-electron chi connectivity index (χ4n) is 3.25. The first kappa shape index (κ1) is 20.9. The van der Waals surface area contributed by atoms with Crippen LogP contribution in [0.1, 0.15) is 41.5 Å². The highest BCUT2D eigenvalue weighted by Crippen LogP contribution is 2.51. The predicted molar refractivity (Wildman–Crippen MR) is 78.9 cm³/mol. The van der Waals surface area contributed by atoms with Crippen LogP contribution in [0.5, 0.6) is 0 Å². The number of carboxylic acid groups (broad SMARTS) is 4. The van der Waals surface area contributed by atoms with Gasteiger partial charge >= 0.3 is 23.9 Å². The number of aliphatic carboxylic acids is 4. The van der Waals surface area contributed by atoms with E-state index in [-0.39, 0.29) is 0 Å². The Bertz CT molecular complexity index is 473. The van der Waals surface area contributed by atoms with Gasteiger partial charge in [-0.15, -0.1) is 0 Å². The Balaban J connectivity index is 7.03. The molecule has 23 heavy (non-hydrogen) atoms. The Morgan fingerprint density at radius 3 is 0.913 bits per heavy atom. The SMILES string of the molecule is CC(C)(C)C(C(=O)O)C(C(=O)O)(C(=O)O)C(C(=O)O)C(C)(C)C. The second-order valence-electron chi connectivity index (χ2n) is 7.75. The Labute approximate surface area is 134 Å². The summed E-state index contributed by atoms with van der Waals surface area (Å²) in [4.78, 5) is 47.4. The third-order valence-corrected chi connectivity index (χ3v) is 3.84. The molecule has 8 nitrogen and oxygen atoms in total. The standard InChI is InChI=1S/C15H24O8/c1-13(2,3)7(9(16)17)15(11(20)21,12(22)23)8(10(18)19)14(4,5)6/h7-8H,1-6H3,(H,16,17)(H,18,19)(H,20,21)(H,22,23). The van der Waals surface area contributed by atoms with Gasteiger partial charge in [0.25, 0.3) is 0 Å². The zero-order valence-electron chi connectivity index (χ0n) is 14.1. The molecule has 0 bridgehead atoms. The highest BCUT2D eigenvalue weighted by Gasteiger charge is 2.68. The van der Waals surface area contributed by atoms with Gasteiger partial charge in [-0.3, -0.25) is 19.2 Å². The molecule has 0 aromatic heterocycles. The van der Waals surface area contributed by atoms with E-state index in [0.29, 0.717) is 0 Å². The highest BCUT2D eigenvalue weighted by atomic mass is 16.4. The molecule has 0 fully saturated rings. The van der Waals surface area contributed by atoms with Crippen molar-refractivity contribution >= 4 is 23.9 Å². The van der Waals surface area contributed by atoms with Crippen molar-refractivity contribution in [2.45, 2.75) is 41.5 Å². The fourth-order valence-corrected chi connectivity index (χ4v) is 3.25. The first-order valence-corrected chi connectivity index (χ1v) is 6.94. The average Bonchev–Trinajstić information content (AvgIpc) is 2.21. The topological polar surface area (TPSA) is 149 Å². The third-order valence-electron chi connectivity index (χ3n) is 3.84. The van der Waals surface area contributed by atoms with Crippen molar-refractivity contribution in [3.8, 4) is 0 Å². The molecule has 0 amide bonds. The van der Waals surface area contributed by atoms with Crippen LogP contribution in [0.15, 0.2) is 0 Å². The summed E-state index contributed by atoms with van der Waals surface area (Å²) in [6.07, 6.45) is 0. The number of carboxylic acids is 4. The van der Waals surface area contributed by atoms with Crippen LogP contribution >= 0.6 is 0 Å². The van der Waals surface area contributed by atoms with Gasteiger partial charge in [0.15, 0.2) is 5.41 Å². The Kier molecular flexibility index (Phi) is 5.60. The minimum atomic E-state index is -3.02. The second kappa shape index (κ2) is 6.17. The van der Waals surface area contributed by atoms with Crippen LogP contribution in [0.25, 0.3) is 0 Å². The highest BCUT2D eigenvalue weighted by molar-refractivity contribution is 6.06. The van der Waals surface area contributed by atoms with Crippen LogP contribution in [0.2, 0.25) is 0 Å². The lowest BCUT2D eigenvalue weighted by atomic mass is 9.53. The van der Waals surface area contributed by atoms with Crippen LogP contribution in [0.3, 0.4) is 0 Å². The molecular weight excluding hydrogens is 308 g/mol. The first-order valence-electron chi connectivity index (χ1n) is 6.94. The summed E-state index contributed by atoms with van der Waals surface area (Å²) in [7, 11) is 0. The lowest BCUT2D eigenvalue weighted by molar-refractivity contribution is -0.197. The molecule has 0 radical (unpaired) electrons. The van der Waals surface area contributed by atoms with Gasteiger partial charge in [0, 0.05) is 0 Å². The largest absolute Gasteiger partial charge is 0.481 e. The molecular formula is C15H24O8. The smallest absolute Gasteiger partial charge is 0.322 e. The van der Waals surface area contributed by atoms with Crippen LogP contribution in [-0.4, -0.2) is 44.3 Å². The number of carbonyl (C=O) groups is 4. The van der Waals surface area contributed by atoms with Crippen LogP contribution in [-0.2, 0) is 19.2 Å². The molecule has 0 saturated carbocycles. The maximum atomic E-state index is 11.9. The van der Waals surface area contributed by atoms with E-state index < -0.39 is 52.0 Å². The van der Waals surface area contributed by atoms with Gasteiger partial charge in [-0.25, -0.2) is 0 Å². The van der Waals surface area contributed by atoms with Gasteiger partial charge in [-0.1, -0.05) is 41.5 Å². The summed E-state index contributed by atoms with van der Waals surface area (Å²) in [5.74, 6) is -11.2. The van der Waals surface area contributed by atoms with E-state index in [1.165, 1.54) is 41.5 Å². The predicted octanol–water partition coefficient (Wildman–Crippen LogP) is 1.64. The van der Waals surface area contributed by atoms with Crippen molar-refractivity contribution in [2.75, 3.05) is 0 Å². The molecule has 8 heteroatoms. The Hall–Kier alpha value is -2.12. The fraction of sp³-hybridized carbons (Fsp3) is 0.733. The zero-order chi connectivity index (χ0) is 19.0. The monoisotopic (exact) mass is 332 g/mol. The van der Waals surface area contributed by atoms with E-state index in [9.17, 15) is 39.6 Å². The summed E-state index contributed by atoms with van der Waals surface area (Å²) < 4.78 is 0. The molecule has 0 aliphatic rings. The molecule has 2 atom stereocenters. The van der Waals surface area contributed by atoms with E-state index in [1.807, 2.05) is 0 Å². The van der Waals surface area contributed by atoms with Crippen molar-refractivity contribution in [3.63, 3.8) is 0 Å². The maximum absolute atomic E-state index is 11.9. The van der Waals surface area contributed by atoms with Gasteiger partial charge < -0.3 is 20.4 Å². The van der Waals surface area contributed by atoms with E-state index in [4.69, 9.17) is 0 Å². The molecule has 132 valence electrons. The lowest BCUT2D eigenvalue weighted by Gasteiger charge is -2.45. The normalized spacial score (nSPS) is 15.6. The first-order chi connectivity index (χ1) is 10.0. The molecule has 2 unspecified atom stereocenters. The van der Waals surface area contributed by atoms with Crippen molar-refractivity contribution in [1.82, 2.24) is 0 Å². The van der Waals surface area contributed by atoms with Crippen LogP contribution < -0.4 is 0 Å². The third kappa shape index (κ3) is 3.62. The minimum absolute atomic E-state index is 1.30. The molecule has 0 saturated heterocycles. The average molecular weight is 332 g/mol. The Morgan fingerprint density at radius 2 is 0.826 bits per heavy atom. The quantitative estimate of drug-likeness (QED) is 0.536. The number of hydrogen-bond acceptors (Lipinski definition) is 4. The van der Waals surface area contributed by atoms with Gasteiger partial charge in [0.1, 0.15) is 0 Å². The summed E-state index contributed by atoms with van der Waals surface area (Å²) in [6, 6.07) is 0. The van der Waals surface area contributed by atoms with Crippen LogP contribution in [0.4, 0.5) is 0 Å². The molecule has 0 aliphatic carbocycles. The number of rotatable bonds is 6. The van der Waals surface area contributed by atoms with Crippen molar-refractivity contribution in [2.24, 2.45) is 28.1 Å². The van der Waals surface area contributed by atoms with Gasteiger partial charge in [-0.2, -0.15) is 0 Å². The van der Waals surface area contributed by atoms with Gasteiger partial charge in [0.05, 0.1) is 11.8 Å². The summed E-state index contributed by atoms with van der Waals surface area (Å²) in [5.41, 5.74) is -5.63. The van der Waals surface area contributed by atoms with Crippen LogP contribution in [0, 0.1) is 28.1 Å². The number of hydrogen-bond donors (Lipinski definition) is 4. The van der Waals surface area contributed by atoms with Gasteiger partial charge in [-0.05, 0) is 10.8 Å². The van der Waals surface area contributed by atoms with E-state index >= 15 is 0 Å². The maximum Gasteiger partial charge on any atom is 0.322 e. The lowest BCUT2D eigenvalue weighted by Crippen LogP contribution is -2.62. The zero-order valence-corrected chi connectivity index (χ0v) is 14.1. The molecule has 0 aromatic carbocycles. The van der Waals surface area contributed by atoms with Crippen molar-refractivity contribution in [3.05, 3.63) is 0 Å². The van der Waals surface area contributed by atoms with Gasteiger partial charge in [0.2, 0.25) is 0 Å². The van der Waals surface area contributed by atoms with Crippen molar-refractivity contribution in [1.29, 1.82) is 0 Å². The molecule has 0 aliphatic heterocycles. The molecule has 0 spiro atoms. The Morgan fingerprint density at radius 1 is 0.609 bits per heavy atom. The van der Waals surface area contributed by atoms with E-state index in [2.05, 4.69) is 0 Å². The van der Waals surface area contributed by atoms with Crippen molar-refractivity contribution < 1.29 is 39.6 Å². The van der Waals surface area contributed by atoms with E-state index in [0.717, 1.165) is 0 Å². The second-order valence-corrected chi connectivity index (χ2v) is 7.75. The molecule has 0 heterocycles. The molecule has 4 N–H and O–H groups in total.